The number of hydrogen-bond acceptors (Lipinski definition) is 3. The molecule has 1 saturated carbocycles. The van der Waals surface area contributed by atoms with Crippen LogP contribution < -0.4 is 5.32 Å². The fraction of sp³-hybridized carbons (Fsp3) is 1.00. The smallest absolute Gasteiger partial charge is 0.0863 e. The van der Waals surface area contributed by atoms with Crippen molar-refractivity contribution >= 4 is 0 Å². The van der Waals surface area contributed by atoms with E-state index < -0.39 is 0 Å². The minimum absolute atomic E-state index is 0.0230. The van der Waals surface area contributed by atoms with Crippen LogP contribution in [0.3, 0.4) is 0 Å². The van der Waals surface area contributed by atoms with Crippen LogP contribution in [0.25, 0.3) is 0 Å². The molecule has 2 rings (SSSR count). The monoisotopic (exact) mass is 241 g/mol. The van der Waals surface area contributed by atoms with Crippen LogP contribution >= 0.6 is 0 Å². The van der Waals surface area contributed by atoms with Crippen molar-refractivity contribution in [1.82, 2.24) is 5.32 Å². The molecule has 0 bridgehead atoms. The third kappa shape index (κ3) is 3.01. The Balaban J connectivity index is 2.07. The highest BCUT2D eigenvalue weighted by molar-refractivity contribution is 5.01. The fourth-order valence-corrected chi connectivity index (χ4v) is 3.49. The molecule has 1 heterocycles. The van der Waals surface area contributed by atoms with Gasteiger partial charge in [-0.3, -0.25) is 0 Å². The molecule has 2 aliphatic rings. The molecular formula is C14H27NO2. The molecule has 1 aliphatic heterocycles. The minimum Gasteiger partial charge on any atom is -0.380 e. The van der Waals surface area contributed by atoms with Crippen LogP contribution in [0, 0.1) is 5.41 Å². The Morgan fingerprint density at radius 3 is 2.88 bits per heavy atom. The SMILES string of the molecule is CCOCC1NCCOC12CCCC(C)(C)C2. The van der Waals surface area contributed by atoms with Crippen molar-refractivity contribution < 1.29 is 9.47 Å². The van der Waals surface area contributed by atoms with Gasteiger partial charge in [-0.1, -0.05) is 13.8 Å². The Labute approximate surface area is 105 Å². The molecule has 1 aliphatic carbocycles. The predicted octanol–water partition coefficient (Wildman–Crippen LogP) is 2.35. The van der Waals surface area contributed by atoms with Gasteiger partial charge in [0.05, 0.1) is 24.9 Å². The zero-order chi connectivity index (χ0) is 12.4. The van der Waals surface area contributed by atoms with Gasteiger partial charge in [-0.2, -0.15) is 0 Å². The molecule has 0 aromatic heterocycles. The van der Waals surface area contributed by atoms with Gasteiger partial charge in [0, 0.05) is 13.2 Å². The number of nitrogens with one attached hydrogen (secondary N) is 1. The molecule has 1 N–H and O–H groups in total. The summed E-state index contributed by atoms with van der Waals surface area (Å²) in [6, 6.07) is 0.371. The second-order valence-electron chi connectivity index (χ2n) is 6.27. The highest BCUT2D eigenvalue weighted by Crippen LogP contribution is 2.45. The van der Waals surface area contributed by atoms with E-state index in [1.165, 1.54) is 19.3 Å². The zero-order valence-electron chi connectivity index (χ0n) is 11.6. The van der Waals surface area contributed by atoms with Crippen LogP contribution in [-0.2, 0) is 9.47 Å². The molecule has 2 fully saturated rings. The summed E-state index contributed by atoms with van der Waals surface area (Å²) in [5, 5.41) is 3.60. The van der Waals surface area contributed by atoms with Crippen molar-refractivity contribution in [2.45, 2.75) is 58.1 Å². The molecule has 2 unspecified atom stereocenters. The second kappa shape index (κ2) is 5.25. The van der Waals surface area contributed by atoms with Gasteiger partial charge in [0.25, 0.3) is 0 Å². The van der Waals surface area contributed by atoms with Gasteiger partial charge in [0.1, 0.15) is 0 Å². The predicted molar refractivity (Wildman–Crippen MR) is 69.2 cm³/mol. The van der Waals surface area contributed by atoms with E-state index >= 15 is 0 Å². The average Bonchev–Trinajstić information content (AvgIpc) is 2.26. The van der Waals surface area contributed by atoms with Gasteiger partial charge in [0.2, 0.25) is 0 Å². The summed E-state index contributed by atoms with van der Waals surface area (Å²) in [6.45, 7) is 10.2. The highest BCUT2D eigenvalue weighted by atomic mass is 16.5. The first kappa shape index (κ1) is 13.3. The molecule has 1 spiro atoms. The molecule has 0 radical (unpaired) electrons. The largest absolute Gasteiger partial charge is 0.380 e. The topological polar surface area (TPSA) is 30.5 Å². The van der Waals surface area contributed by atoms with Gasteiger partial charge in [-0.25, -0.2) is 0 Å². The quantitative estimate of drug-likeness (QED) is 0.823. The van der Waals surface area contributed by atoms with Crippen LogP contribution in [-0.4, -0.2) is 38.0 Å². The van der Waals surface area contributed by atoms with Crippen molar-refractivity contribution in [2.75, 3.05) is 26.4 Å². The minimum atomic E-state index is 0.0230. The van der Waals surface area contributed by atoms with Crippen LogP contribution in [0.4, 0.5) is 0 Å². The maximum Gasteiger partial charge on any atom is 0.0863 e. The first-order valence-corrected chi connectivity index (χ1v) is 7.03. The average molecular weight is 241 g/mol. The maximum absolute atomic E-state index is 6.21. The summed E-state index contributed by atoms with van der Waals surface area (Å²) >= 11 is 0. The zero-order valence-corrected chi connectivity index (χ0v) is 11.6. The van der Waals surface area contributed by atoms with Gasteiger partial charge >= 0.3 is 0 Å². The Morgan fingerprint density at radius 1 is 1.35 bits per heavy atom. The molecule has 100 valence electrons. The Kier molecular flexibility index (Phi) is 4.11. The first-order valence-electron chi connectivity index (χ1n) is 7.03. The maximum atomic E-state index is 6.21. The Morgan fingerprint density at radius 2 is 2.18 bits per heavy atom. The van der Waals surface area contributed by atoms with E-state index in [0.29, 0.717) is 11.5 Å². The van der Waals surface area contributed by atoms with Crippen LogP contribution in [0.1, 0.15) is 46.5 Å². The van der Waals surface area contributed by atoms with Crippen molar-refractivity contribution in [1.29, 1.82) is 0 Å². The molecule has 17 heavy (non-hydrogen) atoms. The molecule has 3 nitrogen and oxygen atoms in total. The lowest BCUT2D eigenvalue weighted by molar-refractivity contribution is -0.151. The van der Waals surface area contributed by atoms with Crippen LogP contribution in [0.5, 0.6) is 0 Å². The molecule has 0 aromatic carbocycles. The Hall–Kier alpha value is -0.120. The number of hydrogen-bond donors (Lipinski definition) is 1. The molecule has 0 aromatic rings. The number of morpholine rings is 1. The third-order valence-electron chi connectivity index (χ3n) is 4.24. The fourth-order valence-electron chi connectivity index (χ4n) is 3.49. The van der Waals surface area contributed by atoms with Crippen molar-refractivity contribution in [3.63, 3.8) is 0 Å². The summed E-state index contributed by atoms with van der Waals surface area (Å²) in [7, 11) is 0. The second-order valence-corrected chi connectivity index (χ2v) is 6.27. The van der Waals surface area contributed by atoms with E-state index in [1.807, 2.05) is 0 Å². The number of rotatable bonds is 3. The summed E-state index contributed by atoms with van der Waals surface area (Å²) in [5.74, 6) is 0. The molecule has 2 atom stereocenters. The van der Waals surface area contributed by atoms with E-state index in [-0.39, 0.29) is 5.60 Å². The normalized spacial score (nSPS) is 37.2. The van der Waals surface area contributed by atoms with E-state index in [0.717, 1.165) is 32.8 Å². The lowest BCUT2D eigenvalue weighted by Gasteiger charge is -2.51. The Bertz CT molecular complexity index is 251. The summed E-state index contributed by atoms with van der Waals surface area (Å²) in [4.78, 5) is 0. The van der Waals surface area contributed by atoms with Gasteiger partial charge in [-0.05, 0) is 38.0 Å². The van der Waals surface area contributed by atoms with Crippen LogP contribution in [0.15, 0.2) is 0 Å². The summed E-state index contributed by atoms with van der Waals surface area (Å²) < 4.78 is 11.8. The molecule has 3 heteroatoms. The van der Waals surface area contributed by atoms with E-state index in [2.05, 4.69) is 26.1 Å². The third-order valence-corrected chi connectivity index (χ3v) is 4.24. The number of ether oxygens (including phenoxy) is 2. The van der Waals surface area contributed by atoms with Crippen molar-refractivity contribution in [2.24, 2.45) is 5.41 Å². The lowest BCUT2D eigenvalue weighted by Crippen LogP contribution is -2.62. The van der Waals surface area contributed by atoms with Gasteiger partial charge in [0.15, 0.2) is 0 Å². The van der Waals surface area contributed by atoms with E-state index in [9.17, 15) is 0 Å². The molecular weight excluding hydrogens is 214 g/mol. The highest BCUT2D eigenvalue weighted by Gasteiger charge is 2.47. The molecule has 0 amide bonds. The van der Waals surface area contributed by atoms with E-state index in [1.54, 1.807) is 0 Å². The van der Waals surface area contributed by atoms with Crippen molar-refractivity contribution in [3.05, 3.63) is 0 Å². The summed E-state index contributed by atoms with van der Waals surface area (Å²) in [5.41, 5.74) is 0.427. The lowest BCUT2D eigenvalue weighted by atomic mass is 9.67. The summed E-state index contributed by atoms with van der Waals surface area (Å²) in [6.07, 6.45) is 4.93. The van der Waals surface area contributed by atoms with Crippen molar-refractivity contribution in [3.8, 4) is 0 Å². The van der Waals surface area contributed by atoms with Gasteiger partial charge in [-0.15, -0.1) is 0 Å². The van der Waals surface area contributed by atoms with E-state index in [4.69, 9.17) is 9.47 Å². The van der Waals surface area contributed by atoms with Gasteiger partial charge < -0.3 is 14.8 Å². The molecule has 1 saturated heterocycles. The standard InChI is InChI=1S/C14H27NO2/c1-4-16-10-12-14(17-9-8-15-12)7-5-6-13(2,3)11-14/h12,15H,4-11H2,1-3H3. The first-order chi connectivity index (χ1) is 8.08. The van der Waals surface area contributed by atoms with Crippen LogP contribution in [0.2, 0.25) is 0 Å².